The lowest BCUT2D eigenvalue weighted by Gasteiger charge is -2.40. The second kappa shape index (κ2) is 9.78. The molecule has 1 aromatic carbocycles. The highest BCUT2D eigenvalue weighted by Gasteiger charge is 2.34. The standard InChI is InChI=1S/C21H35N5O2/c1-7-22-19(23-12-16-10-8-9-11-17(16)13-25(5)6)24-18-14-26(15-18)20(27)28-21(2,3)4/h8-11,18H,7,12-15H2,1-6H3,(H2,22,23,24). The second-order valence-electron chi connectivity index (χ2n) is 8.43. The molecule has 0 atom stereocenters. The first-order valence-electron chi connectivity index (χ1n) is 9.92. The van der Waals surface area contributed by atoms with Gasteiger partial charge in [-0.25, -0.2) is 9.79 Å². The van der Waals surface area contributed by atoms with Gasteiger partial charge in [0.05, 0.1) is 12.6 Å². The summed E-state index contributed by atoms with van der Waals surface area (Å²) in [6.07, 6.45) is -0.259. The van der Waals surface area contributed by atoms with Gasteiger partial charge in [-0.15, -0.1) is 0 Å². The minimum absolute atomic E-state index is 0.183. The number of hydrogen-bond donors (Lipinski definition) is 2. The fourth-order valence-corrected chi connectivity index (χ4v) is 2.93. The molecular weight excluding hydrogens is 354 g/mol. The monoisotopic (exact) mass is 389 g/mol. The van der Waals surface area contributed by atoms with E-state index in [1.165, 1.54) is 11.1 Å². The number of amides is 1. The minimum Gasteiger partial charge on any atom is -0.444 e. The fraction of sp³-hybridized carbons (Fsp3) is 0.619. The third-order valence-electron chi connectivity index (χ3n) is 4.23. The van der Waals surface area contributed by atoms with Crippen molar-refractivity contribution in [3.8, 4) is 0 Å². The Balaban J connectivity index is 1.92. The summed E-state index contributed by atoms with van der Waals surface area (Å²) in [5.74, 6) is 0.774. The number of rotatable bonds is 6. The van der Waals surface area contributed by atoms with E-state index in [1.54, 1.807) is 4.90 Å². The summed E-state index contributed by atoms with van der Waals surface area (Å²) >= 11 is 0. The highest BCUT2D eigenvalue weighted by atomic mass is 16.6. The molecule has 1 aliphatic rings. The van der Waals surface area contributed by atoms with Crippen molar-refractivity contribution in [1.29, 1.82) is 0 Å². The molecule has 2 N–H and O–H groups in total. The molecule has 0 unspecified atom stereocenters. The number of carbonyl (C=O) groups is 1. The summed E-state index contributed by atoms with van der Waals surface area (Å²) in [7, 11) is 4.14. The predicted molar refractivity (Wildman–Crippen MR) is 113 cm³/mol. The number of ether oxygens (including phenoxy) is 1. The summed E-state index contributed by atoms with van der Waals surface area (Å²) in [5, 5.41) is 6.70. The topological polar surface area (TPSA) is 69.2 Å². The van der Waals surface area contributed by atoms with Crippen molar-refractivity contribution in [2.24, 2.45) is 4.99 Å². The van der Waals surface area contributed by atoms with Gasteiger partial charge in [0.2, 0.25) is 0 Å². The van der Waals surface area contributed by atoms with Gasteiger partial charge in [0.15, 0.2) is 5.96 Å². The Bertz CT molecular complexity index is 676. The molecule has 1 aromatic rings. The first kappa shape index (κ1) is 22.0. The van der Waals surface area contributed by atoms with E-state index in [9.17, 15) is 4.79 Å². The summed E-state index contributed by atoms with van der Waals surface area (Å²) in [6, 6.07) is 8.57. The molecule has 156 valence electrons. The van der Waals surface area contributed by atoms with Gasteiger partial charge >= 0.3 is 6.09 Å². The molecule has 1 saturated heterocycles. The molecule has 7 nitrogen and oxygen atoms in total. The number of guanidine groups is 1. The van der Waals surface area contributed by atoms with Gasteiger partial charge in [0.1, 0.15) is 5.60 Å². The maximum absolute atomic E-state index is 12.1. The Morgan fingerprint density at radius 3 is 2.46 bits per heavy atom. The van der Waals surface area contributed by atoms with Crippen LogP contribution in [0.5, 0.6) is 0 Å². The lowest BCUT2D eigenvalue weighted by molar-refractivity contribution is 0.00701. The van der Waals surface area contributed by atoms with Crippen molar-refractivity contribution < 1.29 is 9.53 Å². The third-order valence-corrected chi connectivity index (χ3v) is 4.23. The Labute approximate surface area is 169 Å². The summed E-state index contributed by atoms with van der Waals surface area (Å²) in [4.78, 5) is 20.7. The van der Waals surface area contributed by atoms with Crippen LogP contribution in [0.3, 0.4) is 0 Å². The van der Waals surface area contributed by atoms with Crippen LogP contribution in [0.1, 0.15) is 38.8 Å². The SMILES string of the molecule is CCNC(=NCc1ccccc1CN(C)C)NC1CN(C(=O)OC(C)(C)C)C1. The molecule has 1 heterocycles. The Hall–Kier alpha value is -2.28. The van der Waals surface area contributed by atoms with E-state index < -0.39 is 5.60 Å². The molecule has 7 heteroatoms. The average molecular weight is 390 g/mol. The summed E-state index contributed by atoms with van der Waals surface area (Å²) < 4.78 is 5.40. The zero-order valence-corrected chi connectivity index (χ0v) is 18.1. The molecule has 28 heavy (non-hydrogen) atoms. The number of hydrogen-bond acceptors (Lipinski definition) is 4. The molecule has 0 bridgehead atoms. The molecule has 0 spiro atoms. The summed E-state index contributed by atoms with van der Waals surface area (Å²) in [6.45, 7) is 11.2. The van der Waals surface area contributed by atoms with Crippen molar-refractivity contribution in [2.75, 3.05) is 33.7 Å². The van der Waals surface area contributed by atoms with Gasteiger partial charge in [0.25, 0.3) is 0 Å². The molecular formula is C21H35N5O2. The third kappa shape index (κ3) is 7.03. The number of carbonyl (C=O) groups excluding carboxylic acids is 1. The second-order valence-corrected chi connectivity index (χ2v) is 8.43. The highest BCUT2D eigenvalue weighted by molar-refractivity contribution is 5.80. The highest BCUT2D eigenvalue weighted by Crippen LogP contribution is 2.15. The largest absolute Gasteiger partial charge is 0.444 e. The van der Waals surface area contributed by atoms with Crippen LogP contribution in [0.15, 0.2) is 29.3 Å². The number of nitrogens with zero attached hydrogens (tertiary/aromatic N) is 3. The van der Waals surface area contributed by atoms with E-state index in [0.29, 0.717) is 19.6 Å². The predicted octanol–water partition coefficient (Wildman–Crippen LogP) is 2.42. The van der Waals surface area contributed by atoms with E-state index in [1.807, 2.05) is 27.7 Å². The molecule has 1 aliphatic heterocycles. The number of likely N-dealkylation sites (tertiary alicyclic amines) is 1. The number of benzene rings is 1. The van der Waals surface area contributed by atoms with Crippen LogP contribution in [0.4, 0.5) is 4.79 Å². The maximum atomic E-state index is 12.1. The van der Waals surface area contributed by atoms with E-state index >= 15 is 0 Å². The zero-order chi connectivity index (χ0) is 20.7. The Morgan fingerprint density at radius 2 is 1.89 bits per heavy atom. The van der Waals surface area contributed by atoms with Crippen LogP contribution in [0, 0.1) is 0 Å². The van der Waals surface area contributed by atoms with Gasteiger partial charge in [-0.05, 0) is 52.9 Å². The quantitative estimate of drug-likeness (QED) is 0.578. The normalized spacial score (nSPS) is 15.4. The molecule has 1 amide bonds. The Kier molecular flexibility index (Phi) is 7.69. The first-order valence-corrected chi connectivity index (χ1v) is 9.92. The zero-order valence-electron chi connectivity index (χ0n) is 18.1. The lowest BCUT2D eigenvalue weighted by Crippen LogP contribution is -2.63. The smallest absolute Gasteiger partial charge is 0.410 e. The minimum atomic E-state index is -0.466. The maximum Gasteiger partial charge on any atom is 0.410 e. The van der Waals surface area contributed by atoms with Crippen LogP contribution in [-0.2, 0) is 17.8 Å². The number of nitrogens with one attached hydrogen (secondary N) is 2. The molecule has 2 rings (SSSR count). The summed E-state index contributed by atoms with van der Waals surface area (Å²) in [5.41, 5.74) is 2.04. The van der Waals surface area contributed by atoms with E-state index in [-0.39, 0.29) is 12.1 Å². The van der Waals surface area contributed by atoms with Crippen molar-refractivity contribution in [3.05, 3.63) is 35.4 Å². The average Bonchev–Trinajstić information content (AvgIpc) is 2.54. The van der Waals surface area contributed by atoms with Crippen molar-refractivity contribution in [3.63, 3.8) is 0 Å². The van der Waals surface area contributed by atoms with E-state index in [4.69, 9.17) is 9.73 Å². The van der Waals surface area contributed by atoms with Crippen LogP contribution in [-0.4, -0.2) is 67.2 Å². The van der Waals surface area contributed by atoms with Gasteiger partial charge in [0, 0.05) is 26.2 Å². The van der Waals surface area contributed by atoms with Gasteiger partial charge in [-0.1, -0.05) is 24.3 Å². The van der Waals surface area contributed by atoms with E-state index in [2.05, 4.69) is 53.9 Å². The lowest BCUT2D eigenvalue weighted by atomic mass is 10.1. The van der Waals surface area contributed by atoms with Crippen LogP contribution >= 0.6 is 0 Å². The molecule has 0 aliphatic carbocycles. The fourth-order valence-electron chi connectivity index (χ4n) is 2.93. The van der Waals surface area contributed by atoms with Gasteiger partial charge in [-0.2, -0.15) is 0 Å². The van der Waals surface area contributed by atoms with Gasteiger partial charge in [-0.3, -0.25) is 0 Å². The Morgan fingerprint density at radius 1 is 1.25 bits per heavy atom. The first-order chi connectivity index (χ1) is 13.2. The van der Waals surface area contributed by atoms with Crippen LogP contribution in [0.2, 0.25) is 0 Å². The van der Waals surface area contributed by atoms with Crippen molar-refractivity contribution in [1.82, 2.24) is 20.4 Å². The molecule has 0 radical (unpaired) electrons. The van der Waals surface area contributed by atoms with Crippen LogP contribution < -0.4 is 10.6 Å². The number of aliphatic imine (C=N–C) groups is 1. The van der Waals surface area contributed by atoms with Gasteiger partial charge < -0.3 is 25.2 Å². The van der Waals surface area contributed by atoms with E-state index in [0.717, 1.165) is 19.0 Å². The van der Waals surface area contributed by atoms with Crippen molar-refractivity contribution in [2.45, 2.75) is 52.4 Å². The van der Waals surface area contributed by atoms with Crippen molar-refractivity contribution >= 4 is 12.1 Å². The molecule has 1 fully saturated rings. The molecule has 0 aromatic heterocycles. The van der Waals surface area contributed by atoms with Crippen LogP contribution in [0.25, 0.3) is 0 Å². The molecule has 0 saturated carbocycles.